The monoisotopic (exact) mass is 330 g/mol. The molecule has 130 valence electrons. The van der Waals surface area contributed by atoms with E-state index in [4.69, 9.17) is 15.9 Å². The van der Waals surface area contributed by atoms with Crippen LogP contribution in [0.25, 0.3) is 0 Å². The van der Waals surface area contributed by atoms with E-state index in [2.05, 4.69) is 16.1 Å². The Bertz CT molecular complexity index is 574. The SMILES string of the molecule is C#CCNC(=O)C(C)N1CCC(Oc2ccccc2OCC)CC1. The van der Waals surface area contributed by atoms with E-state index in [-0.39, 0.29) is 24.6 Å². The Hall–Kier alpha value is -2.19. The van der Waals surface area contributed by atoms with Gasteiger partial charge >= 0.3 is 0 Å². The van der Waals surface area contributed by atoms with Gasteiger partial charge in [0.2, 0.25) is 5.91 Å². The second-order valence-electron chi connectivity index (χ2n) is 5.83. The lowest BCUT2D eigenvalue weighted by Crippen LogP contribution is -2.49. The molecule has 1 aliphatic rings. The summed E-state index contributed by atoms with van der Waals surface area (Å²) >= 11 is 0. The van der Waals surface area contributed by atoms with Crippen molar-refractivity contribution in [2.24, 2.45) is 0 Å². The highest BCUT2D eigenvalue weighted by atomic mass is 16.5. The molecule has 1 aromatic rings. The minimum atomic E-state index is -0.171. The molecule has 1 aliphatic heterocycles. The molecular weight excluding hydrogens is 304 g/mol. The van der Waals surface area contributed by atoms with Crippen LogP contribution in [0.15, 0.2) is 24.3 Å². The van der Waals surface area contributed by atoms with Gasteiger partial charge in [0.1, 0.15) is 6.10 Å². The first-order valence-corrected chi connectivity index (χ1v) is 8.49. The van der Waals surface area contributed by atoms with Gasteiger partial charge in [-0.1, -0.05) is 18.1 Å². The third-order valence-electron chi connectivity index (χ3n) is 4.21. The zero-order valence-electron chi connectivity index (χ0n) is 14.5. The van der Waals surface area contributed by atoms with E-state index in [1.807, 2.05) is 38.1 Å². The average molecular weight is 330 g/mol. The molecule has 1 saturated heterocycles. The van der Waals surface area contributed by atoms with Gasteiger partial charge in [-0.15, -0.1) is 6.42 Å². The summed E-state index contributed by atoms with van der Waals surface area (Å²) < 4.78 is 11.7. The third kappa shape index (κ3) is 4.90. The molecule has 0 bridgehead atoms. The number of nitrogens with zero attached hydrogens (tertiary/aromatic N) is 1. The zero-order valence-corrected chi connectivity index (χ0v) is 14.5. The Labute approximate surface area is 144 Å². The molecule has 0 radical (unpaired) electrons. The highest BCUT2D eigenvalue weighted by molar-refractivity contribution is 5.81. The number of nitrogens with one attached hydrogen (secondary N) is 1. The highest BCUT2D eigenvalue weighted by Crippen LogP contribution is 2.29. The summed E-state index contributed by atoms with van der Waals surface area (Å²) in [6, 6.07) is 7.58. The molecule has 1 aromatic carbocycles. The fourth-order valence-electron chi connectivity index (χ4n) is 2.83. The van der Waals surface area contributed by atoms with Crippen molar-refractivity contribution in [1.29, 1.82) is 0 Å². The predicted octanol–water partition coefficient (Wildman–Crippen LogP) is 2.07. The Kier molecular flexibility index (Phi) is 6.95. The van der Waals surface area contributed by atoms with Crippen LogP contribution in [0, 0.1) is 12.3 Å². The summed E-state index contributed by atoms with van der Waals surface area (Å²) in [6.07, 6.45) is 7.08. The zero-order chi connectivity index (χ0) is 17.4. The Balaban J connectivity index is 1.85. The number of ether oxygens (including phenoxy) is 2. The molecule has 0 saturated carbocycles. The maximum absolute atomic E-state index is 12.0. The van der Waals surface area contributed by atoms with E-state index in [0.29, 0.717) is 6.61 Å². The van der Waals surface area contributed by atoms with E-state index in [1.165, 1.54) is 0 Å². The average Bonchev–Trinajstić information content (AvgIpc) is 2.61. The van der Waals surface area contributed by atoms with Crippen LogP contribution < -0.4 is 14.8 Å². The molecule has 1 N–H and O–H groups in total. The maximum Gasteiger partial charge on any atom is 0.237 e. The van der Waals surface area contributed by atoms with Crippen molar-refractivity contribution in [2.45, 2.75) is 38.8 Å². The van der Waals surface area contributed by atoms with Crippen molar-refractivity contribution in [2.75, 3.05) is 26.2 Å². The topological polar surface area (TPSA) is 50.8 Å². The summed E-state index contributed by atoms with van der Waals surface area (Å²) in [7, 11) is 0. The van der Waals surface area contributed by atoms with Crippen LogP contribution in [0.5, 0.6) is 11.5 Å². The van der Waals surface area contributed by atoms with Gasteiger partial charge in [0, 0.05) is 13.1 Å². The van der Waals surface area contributed by atoms with Gasteiger partial charge in [-0.05, 0) is 38.8 Å². The first kappa shape index (κ1) is 18.2. The molecule has 1 heterocycles. The van der Waals surface area contributed by atoms with Crippen LogP contribution in [0.3, 0.4) is 0 Å². The second-order valence-corrected chi connectivity index (χ2v) is 5.83. The molecule has 5 nitrogen and oxygen atoms in total. The van der Waals surface area contributed by atoms with Crippen molar-refractivity contribution in [3.8, 4) is 23.8 Å². The van der Waals surface area contributed by atoms with Gasteiger partial charge in [0.25, 0.3) is 0 Å². The number of hydrogen-bond acceptors (Lipinski definition) is 4. The van der Waals surface area contributed by atoms with E-state index >= 15 is 0 Å². The lowest BCUT2D eigenvalue weighted by molar-refractivity contribution is -0.126. The fourth-order valence-corrected chi connectivity index (χ4v) is 2.83. The van der Waals surface area contributed by atoms with Crippen molar-refractivity contribution >= 4 is 5.91 Å². The molecule has 2 rings (SSSR count). The number of piperidine rings is 1. The van der Waals surface area contributed by atoms with E-state index in [1.54, 1.807) is 0 Å². The third-order valence-corrected chi connectivity index (χ3v) is 4.21. The highest BCUT2D eigenvalue weighted by Gasteiger charge is 2.27. The van der Waals surface area contributed by atoms with E-state index < -0.39 is 0 Å². The summed E-state index contributed by atoms with van der Waals surface area (Å²) in [4.78, 5) is 14.2. The van der Waals surface area contributed by atoms with Crippen LogP contribution in [0.1, 0.15) is 26.7 Å². The van der Waals surface area contributed by atoms with Crippen molar-refractivity contribution in [3.05, 3.63) is 24.3 Å². The lowest BCUT2D eigenvalue weighted by atomic mass is 10.1. The standard InChI is InChI=1S/C19H26N2O3/c1-4-12-20-19(22)15(3)21-13-10-16(11-14-21)24-18-9-7-6-8-17(18)23-5-2/h1,6-9,15-16H,5,10-14H2,2-3H3,(H,20,22). The van der Waals surface area contributed by atoms with Crippen molar-refractivity contribution in [3.63, 3.8) is 0 Å². The van der Waals surface area contributed by atoms with E-state index in [9.17, 15) is 4.79 Å². The van der Waals surface area contributed by atoms with Crippen LogP contribution >= 0.6 is 0 Å². The number of para-hydroxylation sites is 2. The van der Waals surface area contributed by atoms with Gasteiger partial charge in [0.05, 0.1) is 19.2 Å². The fraction of sp³-hybridized carbons (Fsp3) is 0.526. The molecule has 0 aliphatic carbocycles. The molecule has 1 fully saturated rings. The minimum Gasteiger partial charge on any atom is -0.490 e. The van der Waals surface area contributed by atoms with Gasteiger partial charge in [-0.3, -0.25) is 9.69 Å². The number of carbonyl (C=O) groups excluding carboxylic acids is 1. The van der Waals surface area contributed by atoms with Gasteiger partial charge in [0.15, 0.2) is 11.5 Å². The van der Waals surface area contributed by atoms with Gasteiger partial charge < -0.3 is 14.8 Å². The van der Waals surface area contributed by atoms with Gasteiger partial charge in [-0.25, -0.2) is 0 Å². The van der Waals surface area contributed by atoms with Crippen LogP contribution in [0.2, 0.25) is 0 Å². The molecular formula is C19H26N2O3. The Morgan fingerprint density at radius 3 is 2.67 bits per heavy atom. The minimum absolute atomic E-state index is 0.0194. The van der Waals surface area contributed by atoms with Crippen LogP contribution in [-0.2, 0) is 4.79 Å². The molecule has 1 unspecified atom stereocenters. The first-order valence-electron chi connectivity index (χ1n) is 8.49. The number of terminal acetylenes is 1. The number of hydrogen-bond donors (Lipinski definition) is 1. The second kappa shape index (κ2) is 9.19. The predicted molar refractivity (Wildman–Crippen MR) is 94.1 cm³/mol. The maximum atomic E-state index is 12.0. The summed E-state index contributed by atoms with van der Waals surface area (Å²) in [6.45, 7) is 6.41. The Morgan fingerprint density at radius 2 is 2.04 bits per heavy atom. The van der Waals surface area contributed by atoms with Crippen LogP contribution in [-0.4, -0.2) is 49.2 Å². The van der Waals surface area contributed by atoms with Crippen LogP contribution in [0.4, 0.5) is 0 Å². The summed E-state index contributed by atoms with van der Waals surface area (Å²) in [5.74, 6) is 3.98. The first-order chi connectivity index (χ1) is 11.7. The number of benzene rings is 1. The smallest absolute Gasteiger partial charge is 0.237 e. The normalized spacial score (nSPS) is 16.9. The summed E-state index contributed by atoms with van der Waals surface area (Å²) in [5, 5.41) is 2.74. The van der Waals surface area contributed by atoms with Gasteiger partial charge in [-0.2, -0.15) is 0 Å². The van der Waals surface area contributed by atoms with E-state index in [0.717, 1.165) is 37.4 Å². The summed E-state index contributed by atoms with van der Waals surface area (Å²) in [5.41, 5.74) is 0. The lowest BCUT2D eigenvalue weighted by Gasteiger charge is -2.35. The quantitative estimate of drug-likeness (QED) is 0.778. The number of carbonyl (C=O) groups is 1. The molecule has 5 heteroatoms. The molecule has 1 amide bonds. The molecule has 24 heavy (non-hydrogen) atoms. The molecule has 0 spiro atoms. The molecule has 0 aromatic heterocycles. The largest absolute Gasteiger partial charge is 0.490 e. The number of likely N-dealkylation sites (tertiary alicyclic amines) is 1. The van der Waals surface area contributed by atoms with Crippen molar-refractivity contribution in [1.82, 2.24) is 10.2 Å². The number of rotatable bonds is 7. The van der Waals surface area contributed by atoms with Crippen molar-refractivity contribution < 1.29 is 14.3 Å². The molecule has 1 atom stereocenters. The Morgan fingerprint density at radius 1 is 1.38 bits per heavy atom. The number of amides is 1.